The number of hydrogen-bond acceptors (Lipinski definition) is 3. The minimum Gasteiger partial charge on any atom is -0.379 e. The van der Waals surface area contributed by atoms with Crippen LogP contribution in [0, 0.1) is 6.92 Å². The number of halogens is 1. The molecule has 144 valence electrons. The van der Waals surface area contributed by atoms with Gasteiger partial charge in [-0.05, 0) is 18.9 Å². The molecule has 0 amide bonds. The number of ether oxygens (including phenoxy) is 2. The average Bonchev–Trinajstić information content (AvgIpc) is 2.58. The van der Waals surface area contributed by atoms with Crippen LogP contribution in [0.3, 0.4) is 0 Å². The van der Waals surface area contributed by atoms with Crippen LogP contribution < -0.4 is 5.32 Å². The van der Waals surface area contributed by atoms with Crippen LogP contribution in [-0.4, -0.2) is 57.9 Å². The van der Waals surface area contributed by atoms with E-state index in [-0.39, 0.29) is 24.0 Å². The fourth-order valence-electron chi connectivity index (χ4n) is 2.23. The standard InChI is InChI=1S/C19H33N3O2.HI/c1-5-6-12-23-14-15-24-13-11-21-19(20-3)22(4)16-18-9-7-17(2)8-10-18;/h7-10H,5-6,11-16H2,1-4H3,(H,20,21);1H. The molecule has 0 unspecified atom stereocenters. The summed E-state index contributed by atoms with van der Waals surface area (Å²) in [6, 6.07) is 8.58. The number of aryl methyl sites for hydroxylation is 1. The maximum atomic E-state index is 5.56. The van der Waals surface area contributed by atoms with E-state index in [9.17, 15) is 0 Å². The maximum absolute atomic E-state index is 5.56. The first-order valence-corrected chi connectivity index (χ1v) is 8.80. The first-order chi connectivity index (χ1) is 11.7. The first kappa shape index (κ1) is 24.1. The molecular weight excluding hydrogens is 429 g/mol. The van der Waals surface area contributed by atoms with Gasteiger partial charge >= 0.3 is 0 Å². The van der Waals surface area contributed by atoms with Crippen LogP contribution >= 0.6 is 24.0 Å². The van der Waals surface area contributed by atoms with E-state index in [4.69, 9.17) is 9.47 Å². The number of guanidine groups is 1. The lowest BCUT2D eigenvalue weighted by atomic mass is 10.1. The minimum atomic E-state index is 0. The monoisotopic (exact) mass is 463 g/mol. The topological polar surface area (TPSA) is 46.1 Å². The third-order valence-corrected chi connectivity index (χ3v) is 3.66. The van der Waals surface area contributed by atoms with Gasteiger partial charge in [-0.3, -0.25) is 4.99 Å². The normalized spacial score (nSPS) is 11.1. The van der Waals surface area contributed by atoms with Gasteiger partial charge < -0.3 is 19.7 Å². The van der Waals surface area contributed by atoms with Crippen LogP contribution in [0.15, 0.2) is 29.3 Å². The Morgan fingerprint density at radius 2 is 1.72 bits per heavy atom. The van der Waals surface area contributed by atoms with Crippen LogP contribution in [0.4, 0.5) is 0 Å². The number of nitrogens with zero attached hydrogens (tertiary/aromatic N) is 2. The van der Waals surface area contributed by atoms with Gasteiger partial charge in [0, 0.05) is 33.8 Å². The number of nitrogens with one attached hydrogen (secondary N) is 1. The smallest absolute Gasteiger partial charge is 0.193 e. The van der Waals surface area contributed by atoms with Gasteiger partial charge in [0.2, 0.25) is 0 Å². The lowest BCUT2D eigenvalue weighted by Gasteiger charge is -2.22. The summed E-state index contributed by atoms with van der Waals surface area (Å²) in [5.41, 5.74) is 2.55. The largest absolute Gasteiger partial charge is 0.379 e. The molecule has 1 aromatic rings. The third-order valence-electron chi connectivity index (χ3n) is 3.66. The molecule has 1 rings (SSSR count). The van der Waals surface area contributed by atoms with E-state index in [2.05, 4.69) is 53.3 Å². The van der Waals surface area contributed by atoms with Gasteiger partial charge in [-0.15, -0.1) is 24.0 Å². The van der Waals surface area contributed by atoms with Crippen molar-refractivity contribution < 1.29 is 9.47 Å². The first-order valence-electron chi connectivity index (χ1n) is 8.80. The van der Waals surface area contributed by atoms with Crippen LogP contribution in [0.2, 0.25) is 0 Å². The second kappa shape index (κ2) is 15.4. The van der Waals surface area contributed by atoms with Crippen molar-refractivity contribution in [3.63, 3.8) is 0 Å². The van der Waals surface area contributed by atoms with Crippen LogP contribution in [0.5, 0.6) is 0 Å². The van der Waals surface area contributed by atoms with Gasteiger partial charge in [0.25, 0.3) is 0 Å². The fraction of sp³-hybridized carbons (Fsp3) is 0.632. The van der Waals surface area contributed by atoms with Crippen molar-refractivity contribution >= 4 is 29.9 Å². The molecule has 0 atom stereocenters. The Hall–Kier alpha value is -0.860. The molecule has 1 aromatic carbocycles. The molecule has 5 nitrogen and oxygen atoms in total. The minimum absolute atomic E-state index is 0. The molecule has 0 radical (unpaired) electrons. The lowest BCUT2D eigenvalue weighted by Crippen LogP contribution is -2.40. The molecule has 0 aliphatic rings. The Kier molecular flexibility index (Phi) is 14.9. The SMILES string of the molecule is CCCCOCCOCCNC(=NC)N(C)Cc1ccc(C)cc1.I. The molecule has 0 spiro atoms. The van der Waals surface area contributed by atoms with Gasteiger partial charge in [-0.2, -0.15) is 0 Å². The average molecular weight is 463 g/mol. The zero-order valence-corrected chi connectivity index (χ0v) is 18.4. The highest BCUT2D eigenvalue weighted by atomic mass is 127. The van der Waals surface area contributed by atoms with Crippen molar-refractivity contribution in [3.8, 4) is 0 Å². The Morgan fingerprint density at radius 1 is 1.08 bits per heavy atom. The quantitative estimate of drug-likeness (QED) is 0.236. The highest BCUT2D eigenvalue weighted by Crippen LogP contribution is 2.05. The number of unbranched alkanes of at least 4 members (excludes halogenated alkanes) is 1. The molecule has 0 aliphatic carbocycles. The Morgan fingerprint density at radius 3 is 2.32 bits per heavy atom. The van der Waals surface area contributed by atoms with Crippen molar-refractivity contribution in [2.45, 2.75) is 33.2 Å². The zero-order chi connectivity index (χ0) is 17.6. The van der Waals surface area contributed by atoms with Crippen molar-refractivity contribution in [1.29, 1.82) is 0 Å². The van der Waals surface area contributed by atoms with Gasteiger partial charge in [0.1, 0.15) is 0 Å². The van der Waals surface area contributed by atoms with E-state index in [0.717, 1.165) is 32.1 Å². The summed E-state index contributed by atoms with van der Waals surface area (Å²) in [6.45, 7) is 8.61. The number of aliphatic imine (C=N–C) groups is 1. The summed E-state index contributed by atoms with van der Waals surface area (Å²) in [5, 5.41) is 3.32. The number of benzene rings is 1. The van der Waals surface area contributed by atoms with Crippen molar-refractivity contribution in [1.82, 2.24) is 10.2 Å². The van der Waals surface area contributed by atoms with E-state index in [1.165, 1.54) is 17.5 Å². The molecular formula is C19H34IN3O2. The highest BCUT2D eigenvalue weighted by Gasteiger charge is 2.06. The molecule has 0 fully saturated rings. The summed E-state index contributed by atoms with van der Waals surface area (Å²) < 4.78 is 11.0. The van der Waals surface area contributed by atoms with Crippen molar-refractivity contribution in [2.24, 2.45) is 4.99 Å². The summed E-state index contributed by atoms with van der Waals surface area (Å²) in [5.74, 6) is 0.873. The summed E-state index contributed by atoms with van der Waals surface area (Å²) >= 11 is 0. The molecule has 0 aliphatic heterocycles. The summed E-state index contributed by atoms with van der Waals surface area (Å²) in [7, 11) is 3.84. The van der Waals surface area contributed by atoms with Gasteiger partial charge in [-0.25, -0.2) is 0 Å². The Bertz CT molecular complexity index is 466. The highest BCUT2D eigenvalue weighted by molar-refractivity contribution is 14.0. The Balaban J connectivity index is 0.00000576. The fourth-order valence-corrected chi connectivity index (χ4v) is 2.23. The van der Waals surface area contributed by atoms with Crippen molar-refractivity contribution in [3.05, 3.63) is 35.4 Å². The van der Waals surface area contributed by atoms with Gasteiger partial charge in [0.15, 0.2) is 5.96 Å². The van der Waals surface area contributed by atoms with E-state index in [0.29, 0.717) is 19.8 Å². The predicted molar refractivity (Wildman–Crippen MR) is 116 cm³/mol. The number of hydrogen-bond donors (Lipinski definition) is 1. The summed E-state index contributed by atoms with van der Waals surface area (Å²) in [6.07, 6.45) is 2.28. The molecule has 1 N–H and O–H groups in total. The van der Waals surface area contributed by atoms with Crippen LogP contribution in [-0.2, 0) is 16.0 Å². The molecule has 0 heterocycles. The second-order valence-corrected chi connectivity index (χ2v) is 5.89. The lowest BCUT2D eigenvalue weighted by molar-refractivity contribution is 0.0486. The Labute approximate surface area is 170 Å². The number of rotatable bonds is 11. The predicted octanol–water partition coefficient (Wildman–Crippen LogP) is 3.45. The molecule has 0 aromatic heterocycles. The van der Waals surface area contributed by atoms with Crippen LogP contribution in [0.1, 0.15) is 30.9 Å². The van der Waals surface area contributed by atoms with Crippen molar-refractivity contribution in [2.75, 3.05) is 47.1 Å². The molecule has 25 heavy (non-hydrogen) atoms. The zero-order valence-electron chi connectivity index (χ0n) is 16.1. The second-order valence-electron chi connectivity index (χ2n) is 5.89. The van der Waals surface area contributed by atoms with E-state index >= 15 is 0 Å². The third kappa shape index (κ3) is 11.4. The molecule has 0 saturated heterocycles. The van der Waals surface area contributed by atoms with E-state index in [1.54, 1.807) is 7.05 Å². The van der Waals surface area contributed by atoms with Crippen LogP contribution in [0.25, 0.3) is 0 Å². The molecule has 6 heteroatoms. The molecule has 0 saturated carbocycles. The van der Waals surface area contributed by atoms with Gasteiger partial charge in [-0.1, -0.05) is 43.2 Å². The van der Waals surface area contributed by atoms with E-state index < -0.39 is 0 Å². The van der Waals surface area contributed by atoms with Gasteiger partial charge in [0.05, 0.1) is 19.8 Å². The van der Waals surface area contributed by atoms with E-state index in [1.807, 2.05) is 7.05 Å². The maximum Gasteiger partial charge on any atom is 0.193 e. The molecule has 0 bridgehead atoms. The summed E-state index contributed by atoms with van der Waals surface area (Å²) in [4.78, 5) is 6.43.